The first-order chi connectivity index (χ1) is 10.8. The summed E-state index contributed by atoms with van der Waals surface area (Å²) in [5.74, 6) is -3.28. The Labute approximate surface area is 127 Å². The molecule has 0 aliphatic rings. The maximum atomic E-state index is 13.1. The molecule has 0 radical (unpaired) electrons. The van der Waals surface area contributed by atoms with Gasteiger partial charge in [0.05, 0.1) is 5.69 Å². The summed E-state index contributed by atoms with van der Waals surface area (Å²) < 4.78 is 42.8. The Hall–Kier alpha value is -3.04. The normalized spacial score (nSPS) is 10.6. The Bertz CT molecular complexity index is 733. The van der Waals surface area contributed by atoms with Crippen LogP contribution in [-0.2, 0) is 11.3 Å². The van der Waals surface area contributed by atoms with Crippen LogP contribution < -0.4 is 10.1 Å². The number of ether oxygens (including phenoxy) is 1. The van der Waals surface area contributed by atoms with Gasteiger partial charge in [-0.1, -0.05) is 0 Å². The van der Waals surface area contributed by atoms with Gasteiger partial charge in [-0.05, 0) is 18.2 Å². The van der Waals surface area contributed by atoms with Crippen molar-refractivity contribution in [1.82, 2.24) is 9.78 Å². The van der Waals surface area contributed by atoms with Crippen molar-refractivity contribution in [2.24, 2.45) is 0 Å². The van der Waals surface area contributed by atoms with Crippen LogP contribution >= 0.6 is 0 Å². The minimum absolute atomic E-state index is 0.151. The summed E-state index contributed by atoms with van der Waals surface area (Å²) in [4.78, 5) is 22.5. The molecule has 1 aromatic heterocycles. The molecule has 0 unspecified atom stereocenters. The number of nitrogens with one attached hydrogen (secondary N) is 1. The average molecular weight is 329 g/mol. The van der Waals surface area contributed by atoms with E-state index in [9.17, 15) is 22.8 Å². The molecule has 7 nitrogen and oxygen atoms in total. The topological polar surface area (TPSA) is 93.5 Å². The minimum atomic E-state index is -3.18. The molecule has 0 atom stereocenters. The number of benzene rings is 1. The number of aromatic carboxylic acids is 1. The molecule has 1 amide bonds. The lowest BCUT2D eigenvalue weighted by Gasteiger charge is -2.12. The van der Waals surface area contributed by atoms with E-state index < -0.39 is 30.1 Å². The number of carboxylic acids is 1. The van der Waals surface area contributed by atoms with Gasteiger partial charge in [-0.2, -0.15) is 13.9 Å². The summed E-state index contributed by atoms with van der Waals surface area (Å²) >= 11 is 0. The summed E-state index contributed by atoms with van der Waals surface area (Å²) in [6.45, 7) is -3.55. The number of hydrogen-bond donors (Lipinski definition) is 2. The largest absolute Gasteiger partial charge is 0.476 e. The molecule has 2 rings (SSSR count). The highest BCUT2D eigenvalue weighted by atomic mass is 19.3. The molecule has 0 fully saturated rings. The first-order valence-electron chi connectivity index (χ1n) is 6.16. The standard InChI is InChI=1S/C13H10F3N3O4/c14-7-1-2-8(10(5-7)23-13(15)16)17-11(20)6-19-4-3-9(18-19)12(21)22/h1-5,13H,6H2,(H,17,20)(H,21,22). The Morgan fingerprint density at radius 1 is 1.35 bits per heavy atom. The van der Waals surface area contributed by atoms with E-state index >= 15 is 0 Å². The maximum Gasteiger partial charge on any atom is 0.387 e. The molecule has 0 saturated carbocycles. The van der Waals surface area contributed by atoms with E-state index in [0.29, 0.717) is 6.07 Å². The maximum absolute atomic E-state index is 13.1. The van der Waals surface area contributed by atoms with Gasteiger partial charge >= 0.3 is 12.6 Å². The number of amides is 1. The van der Waals surface area contributed by atoms with Gasteiger partial charge in [-0.25, -0.2) is 9.18 Å². The van der Waals surface area contributed by atoms with E-state index in [1.54, 1.807) is 0 Å². The molecule has 0 saturated heterocycles. The SMILES string of the molecule is O=C(Cn1ccc(C(=O)O)n1)Nc1ccc(F)cc1OC(F)F. The number of carbonyl (C=O) groups excluding carboxylic acids is 1. The molecule has 0 aliphatic carbocycles. The second kappa shape index (κ2) is 6.81. The van der Waals surface area contributed by atoms with E-state index in [1.807, 2.05) is 0 Å². The predicted octanol–water partition coefficient (Wildman–Crippen LogP) is 1.96. The van der Waals surface area contributed by atoms with E-state index in [-0.39, 0.29) is 17.9 Å². The van der Waals surface area contributed by atoms with Gasteiger partial charge in [0.25, 0.3) is 0 Å². The van der Waals surface area contributed by atoms with Crippen LogP contribution in [-0.4, -0.2) is 33.4 Å². The smallest absolute Gasteiger partial charge is 0.387 e. The number of hydrogen-bond acceptors (Lipinski definition) is 4. The number of rotatable bonds is 6. The van der Waals surface area contributed by atoms with Crippen molar-refractivity contribution in [3.8, 4) is 5.75 Å². The lowest BCUT2D eigenvalue weighted by molar-refractivity contribution is -0.117. The molecule has 0 aliphatic heterocycles. The van der Waals surface area contributed by atoms with Crippen LogP contribution in [0.25, 0.3) is 0 Å². The van der Waals surface area contributed by atoms with Crippen molar-refractivity contribution < 1.29 is 32.6 Å². The van der Waals surface area contributed by atoms with Gasteiger partial charge in [0.2, 0.25) is 5.91 Å². The zero-order valence-corrected chi connectivity index (χ0v) is 11.4. The molecular weight excluding hydrogens is 319 g/mol. The fraction of sp³-hybridized carbons (Fsp3) is 0.154. The molecular formula is C13H10F3N3O4. The van der Waals surface area contributed by atoms with Crippen LogP contribution in [0, 0.1) is 5.82 Å². The van der Waals surface area contributed by atoms with E-state index in [2.05, 4.69) is 15.2 Å². The van der Waals surface area contributed by atoms with Crippen molar-refractivity contribution in [2.75, 3.05) is 5.32 Å². The fourth-order valence-corrected chi connectivity index (χ4v) is 1.69. The van der Waals surface area contributed by atoms with Gasteiger partial charge in [0.15, 0.2) is 11.4 Å². The molecule has 1 heterocycles. The van der Waals surface area contributed by atoms with Gasteiger partial charge in [-0.15, -0.1) is 0 Å². The molecule has 0 bridgehead atoms. The lowest BCUT2D eigenvalue weighted by atomic mass is 10.3. The zero-order valence-electron chi connectivity index (χ0n) is 11.4. The fourth-order valence-electron chi connectivity index (χ4n) is 1.69. The van der Waals surface area contributed by atoms with Gasteiger partial charge in [0, 0.05) is 12.3 Å². The molecule has 23 heavy (non-hydrogen) atoms. The Morgan fingerprint density at radius 2 is 2.09 bits per heavy atom. The van der Waals surface area contributed by atoms with Crippen molar-refractivity contribution >= 4 is 17.6 Å². The second-order valence-electron chi connectivity index (χ2n) is 4.27. The molecule has 2 aromatic rings. The number of carbonyl (C=O) groups is 2. The van der Waals surface area contributed by atoms with Crippen LogP contribution in [0.3, 0.4) is 0 Å². The highest BCUT2D eigenvalue weighted by molar-refractivity contribution is 5.92. The molecule has 122 valence electrons. The highest BCUT2D eigenvalue weighted by Crippen LogP contribution is 2.27. The van der Waals surface area contributed by atoms with Crippen LogP contribution in [0.2, 0.25) is 0 Å². The number of carboxylic acid groups (broad SMARTS) is 1. The third kappa shape index (κ3) is 4.46. The quantitative estimate of drug-likeness (QED) is 0.845. The monoisotopic (exact) mass is 329 g/mol. The van der Waals surface area contributed by atoms with Crippen LogP contribution in [0.15, 0.2) is 30.5 Å². The number of nitrogens with zero attached hydrogens (tertiary/aromatic N) is 2. The summed E-state index contributed by atoms with van der Waals surface area (Å²) in [5.41, 5.74) is -0.399. The van der Waals surface area contributed by atoms with Gasteiger partial charge < -0.3 is 15.2 Å². The number of halogens is 3. The van der Waals surface area contributed by atoms with Crippen molar-refractivity contribution in [3.05, 3.63) is 42.0 Å². The summed E-state index contributed by atoms with van der Waals surface area (Å²) in [7, 11) is 0. The zero-order chi connectivity index (χ0) is 17.0. The van der Waals surface area contributed by atoms with E-state index in [0.717, 1.165) is 16.8 Å². The number of anilines is 1. The summed E-state index contributed by atoms with van der Waals surface area (Å²) in [5, 5.41) is 14.6. The summed E-state index contributed by atoms with van der Waals surface area (Å²) in [6, 6.07) is 3.93. The molecule has 10 heteroatoms. The minimum Gasteiger partial charge on any atom is -0.476 e. The Balaban J connectivity index is 2.08. The van der Waals surface area contributed by atoms with Crippen molar-refractivity contribution in [1.29, 1.82) is 0 Å². The van der Waals surface area contributed by atoms with Crippen molar-refractivity contribution in [3.63, 3.8) is 0 Å². The number of alkyl halides is 2. The van der Waals surface area contributed by atoms with Crippen LogP contribution in [0.4, 0.5) is 18.9 Å². The molecule has 1 aromatic carbocycles. The first-order valence-corrected chi connectivity index (χ1v) is 6.16. The van der Waals surface area contributed by atoms with Crippen LogP contribution in [0.5, 0.6) is 5.75 Å². The third-order valence-electron chi connectivity index (χ3n) is 2.60. The lowest BCUT2D eigenvalue weighted by Crippen LogP contribution is -2.20. The third-order valence-corrected chi connectivity index (χ3v) is 2.60. The first kappa shape index (κ1) is 16.3. The van der Waals surface area contributed by atoms with Crippen LogP contribution in [0.1, 0.15) is 10.5 Å². The molecule has 2 N–H and O–H groups in total. The number of aromatic nitrogens is 2. The van der Waals surface area contributed by atoms with Gasteiger partial charge in [0.1, 0.15) is 12.4 Å². The highest BCUT2D eigenvalue weighted by Gasteiger charge is 2.14. The molecule has 0 spiro atoms. The van der Waals surface area contributed by atoms with Crippen molar-refractivity contribution in [2.45, 2.75) is 13.2 Å². The summed E-state index contributed by atoms with van der Waals surface area (Å²) in [6.07, 6.45) is 1.27. The van der Waals surface area contributed by atoms with Gasteiger partial charge in [-0.3, -0.25) is 9.48 Å². The predicted molar refractivity (Wildman–Crippen MR) is 70.8 cm³/mol. The Morgan fingerprint density at radius 3 is 2.70 bits per heavy atom. The Kier molecular flexibility index (Phi) is 4.84. The second-order valence-corrected chi connectivity index (χ2v) is 4.27. The average Bonchev–Trinajstić information content (AvgIpc) is 2.90. The van der Waals surface area contributed by atoms with E-state index in [4.69, 9.17) is 5.11 Å². The van der Waals surface area contributed by atoms with E-state index in [1.165, 1.54) is 12.3 Å².